The van der Waals surface area contributed by atoms with Crippen LogP contribution in [-0.2, 0) is 12.4 Å². The molecular weight excluding hydrogens is 368 g/mol. The van der Waals surface area contributed by atoms with Crippen molar-refractivity contribution >= 4 is 5.69 Å². The second-order valence-electron chi connectivity index (χ2n) is 6.83. The minimum atomic E-state index is -4.60. The molecule has 0 saturated heterocycles. The van der Waals surface area contributed by atoms with Crippen LogP contribution in [0, 0.1) is 5.92 Å². The average Bonchev–Trinajstić information content (AvgIpc) is 3.09. The molecule has 2 aromatic carbocycles. The van der Waals surface area contributed by atoms with Crippen molar-refractivity contribution in [2.45, 2.75) is 30.7 Å². The van der Waals surface area contributed by atoms with Crippen LogP contribution in [0.15, 0.2) is 54.6 Å². The number of nitrogens with one attached hydrogen (secondary N) is 1. The number of hydrogen-bond acceptors (Lipinski definition) is 1. The molecule has 1 aliphatic carbocycles. The van der Waals surface area contributed by atoms with E-state index >= 15 is 0 Å². The maximum Gasteiger partial charge on any atom is 0.418 e. The van der Waals surface area contributed by atoms with Gasteiger partial charge in [-0.1, -0.05) is 42.5 Å². The summed E-state index contributed by atoms with van der Waals surface area (Å²) in [5, 5.41) is 2.81. The van der Waals surface area contributed by atoms with E-state index in [1.54, 1.807) is 12.1 Å². The van der Waals surface area contributed by atoms with Crippen LogP contribution in [0.2, 0.25) is 0 Å². The van der Waals surface area contributed by atoms with Crippen LogP contribution >= 0.6 is 0 Å². The summed E-state index contributed by atoms with van der Waals surface area (Å²) in [4.78, 5) is 0. The van der Waals surface area contributed by atoms with E-state index in [-0.39, 0.29) is 23.1 Å². The molecule has 1 N–H and O–H groups in total. The maximum absolute atomic E-state index is 13.5. The van der Waals surface area contributed by atoms with Crippen molar-refractivity contribution in [2.24, 2.45) is 5.92 Å². The Morgan fingerprint density at radius 2 is 1.41 bits per heavy atom. The standard InChI is InChI=1S/C20H15F6N/c21-19(22,23)15-9-2-1-5-14(15)17-12-7-3-6-11(12)13-8-4-10-16(18(13)27-17)20(24,25)26/h1-6,8-12,17,27H,7H2/t11-,12+,17-/m1/s1. The number of benzene rings is 2. The zero-order valence-electron chi connectivity index (χ0n) is 13.9. The Kier molecular flexibility index (Phi) is 4.01. The number of anilines is 1. The monoisotopic (exact) mass is 383 g/mol. The van der Waals surface area contributed by atoms with Gasteiger partial charge in [-0.25, -0.2) is 0 Å². The largest absolute Gasteiger partial charge is 0.418 e. The molecule has 0 fully saturated rings. The molecule has 7 heteroatoms. The van der Waals surface area contributed by atoms with Gasteiger partial charge >= 0.3 is 12.4 Å². The number of halogens is 6. The lowest BCUT2D eigenvalue weighted by molar-refractivity contribution is -0.139. The first kappa shape index (κ1) is 17.9. The summed E-state index contributed by atoms with van der Waals surface area (Å²) in [6, 6.07) is 8.13. The third kappa shape index (κ3) is 2.99. The van der Waals surface area contributed by atoms with Crippen molar-refractivity contribution in [3.05, 3.63) is 76.9 Å². The Hall–Kier alpha value is -2.44. The third-order valence-electron chi connectivity index (χ3n) is 5.30. The maximum atomic E-state index is 13.5. The Labute approximate surface area is 151 Å². The normalized spacial score (nSPS) is 24.3. The highest BCUT2D eigenvalue weighted by Gasteiger charge is 2.45. The molecule has 27 heavy (non-hydrogen) atoms. The summed E-state index contributed by atoms with van der Waals surface area (Å²) in [5.41, 5.74) is -1.34. The first-order chi connectivity index (χ1) is 12.7. The molecule has 0 amide bonds. The number of para-hydroxylation sites is 1. The smallest absolute Gasteiger partial charge is 0.377 e. The Morgan fingerprint density at radius 3 is 2.11 bits per heavy atom. The molecule has 0 spiro atoms. The fraction of sp³-hybridized carbons (Fsp3) is 0.300. The number of hydrogen-bond donors (Lipinski definition) is 1. The first-order valence-corrected chi connectivity index (χ1v) is 8.47. The molecular formula is C20H15F6N. The van der Waals surface area contributed by atoms with Gasteiger partial charge in [-0.2, -0.15) is 26.3 Å². The van der Waals surface area contributed by atoms with Crippen LogP contribution in [0.3, 0.4) is 0 Å². The summed E-state index contributed by atoms with van der Waals surface area (Å²) >= 11 is 0. The molecule has 0 radical (unpaired) electrons. The predicted octanol–water partition coefficient (Wildman–Crippen LogP) is 6.55. The highest BCUT2D eigenvalue weighted by atomic mass is 19.4. The van der Waals surface area contributed by atoms with E-state index in [0.29, 0.717) is 12.0 Å². The minimum absolute atomic E-state index is 0.0219. The lowest BCUT2D eigenvalue weighted by atomic mass is 9.75. The van der Waals surface area contributed by atoms with Gasteiger partial charge < -0.3 is 5.32 Å². The van der Waals surface area contributed by atoms with Crippen LogP contribution in [0.4, 0.5) is 32.0 Å². The number of alkyl halides is 6. The van der Waals surface area contributed by atoms with Crippen LogP contribution in [0.5, 0.6) is 0 Å². The van der Waals surface area contributed by atoms with E-state index in [1.807, 2.05) is 6.08 Å². The molecule has 3 atom stereocenters. The number of fused-ring (bicyclic) bond motifs is 3. The summed E-state index contributed by atoms with van der Waals surface area (Å²) in [6.45, 7) is 0. The molecule has 4 rings (SSSR count). The molecule has 0 bridgehead atoms. The SMILES string of the molecule is FC(F)(F)c1ccccc1[C@@H]1Nc2c(cccc2C(F)(F)F)[C@@H]2C=CC[C@@H]21. The fourth-order valence-corrected chi connectivity index (χ4v) is 4.19. The topological polar surface area (TPSA) is 12.0 Å². The van der Waals surface area contributed by atoms with Gasteiger partial charge in [0.25, 0.3) is 0 Å². The van der Waals surface area contributed by atoms with Crippen LogP contribution in [0.25, 0.3) is 0 Å². The Morgan fingerprint density at radius 1 is 0.778 bits per heavy atom. The quantitative estimate of drug-likeness (QED) is 0.435. The third-order valence-corrected chi connectivity index (χ3v) is 5.30. The second-order valence-corrected chi connectivity index (χ2v) is 6.83. The van der Waals surface area contributed by atoms with E-state index < -0.39 is 29.5 Å². The van der Waals surface area contributed by atoms with Gasteiger partial charge in [-0.05, 0) is 35.6 Å². The first-order valence-electron chi connectivity index (χ1n) is 8.47. The van der Waals surface area contributed by atoms with Gasteiger partial charge in [0.05, 0.1) is 22.9 Å². The van der Waals surface area contributed by atoms with Crippen molar-refractivity contribution in [3.63, 3.8) is 0 Å². The van der Waals surface area contributed by atoms with E-state index in [1.165, 1.54) is 24.3 Å². The highest BCUT2D eigenvalue weighted by Crippen LogP contribution is 2.53. The molecule has 0 saturated carbocycles. The zero-order valence-corrected chi connectivity index (χ0v) is 13.9. The molecule has 1 aliphatic heterocycles. The summed E-state index contributed by atoms with van der Waals surface area (Å²) < 4.78 is 80.9. The molecule has 0 aromatic heterocycles. The molecule has 1 heterocycles. The van der Waals surface area contributed by atoms with Gasteiger partial charge in [0.1, 0.15) is 0 Å². The molecule has 0 unspecified atom stereocenters. The van der Waals surface area contributed by atoms with Crippen LogP contribution in [-0.4, -0.2) is 0 Å². The lowest BCUT2D eigenvalue weighted by Gasteiger charge is -2.39. The van der Waals surface area contributed by atoms with Crippen molar-refractivity contribution < 1.29 is 26.3 Å². The molecule has 1 nitrogen and oxygen atoms in total. The van der Waals surface area contributed by atoms with E-state index in [2.05, 4.69) is 5.32 Å². The van der Waals surface area contributed by atoms with Gasteiger partial charge in [-0.3, -0.25) is 0 Å². The van der Waals surface area contributed by atoms with Crippen LogP contribution < -0.4 is 5.32 Å². The van der Waals surface area contributed by atoms with Gasteiger partial charge in [-0.15, -0.1) is 0 Å². The Bertz CT molecular complexity index is 896. The number of allylic oxidation sites excluding steroid dienone is 2. The predicted molar refractivity (Wildman–Crippen MR) is 89.2 cm³/mol. The number of rotatable bonds is 1. The van der Waals surface area contributed by atoms with Crippen molar-refractivity contribution in [1.82, 2.24) is 0 Å². The summed E-state index contributed by atoms with van der Waals surface area (Å²) in [5.74, 6) is -0.626. The van der Waals surface area contributed by atoms with E-state index in [0.717, 1.165) is 12.1 Å². The van der Waals surface area contributed by atoms with Crippen molar-refractivity contribution in [3.8, 4) is 0 Å². The summed E-state index contributed by atoms with van der Waals surface area (Å²) in [7, 11) is 0. The van der Waals surface area contributed by atoms with Crippen molar-refractivity contribution in [1.29, 1.82) is 0 Å². The average molecular weight is 383 g/mol. The Balaban J connectivity index is 1.88. The van der Waals surface area contributed by atoms with Gasteiger partial charge in [0.15, 0.2) is 0 Å². The molecule has 2 aromatic rings. The highest BCUT2D eigenvalue weighted by molar-refractivity contribution is 5.65. The van der Waals surface area contributed by atoms with E-state index in [9.17, 15) is 26.3 Å². The molecule has 142 valence electrons. The second kappa shape index (κ2) is 6.04. The fourth-order valence-electron chi connectivity index (χ4n) is 4.19. The van der Waals surface area contributed by atoms with Crippen LogP contribution in [0.1, 0.15) is 40.6 Å². The lowest BCUT2D eigenvalue weighted by Crippen LogP contribution is -2.32. The minimum Gasteiger partial charge on any atom is -0.377 e. The summed E-state index contributed by atoms with van der Waals surface area (Å²) in [6.07, 6.45) is -5.04. The zero-order chi connectivity index (χ0) is 19.4. The van der Waals surface area contributed by atoms with Crippen molar-refractivity contribution in [2.75, 3.05) is 5.32 Å². The van der Waals surface area contributed by atoms with Gasteiger partial charge in [0.2, 0.25) is 0 Å². The van der Waals surface area contributed by atoms with E-state index in [4.69, 9.17) is 0 Å². The van der Waals surface area contributed by atoms with Gasteiger partial charge in [0, 0.05) is 5.92 Å². The molecule has 2 aliphatic rings.